The molecule has 0 atom stereocenters. The Hall–Kier alpha value is -4.11. The van der Waals surface area contributed by atoms with E-state index in [-0.39, 0.29) is 39.6 Å². The lowest BCUT2D eigenvalue weighted by Crippen LogP contribution is -2.42. The molecule has 0 aliphatic rings. The maximum atomic E-state index is 11.1. The summed E-state index contributed by atoms with van der Waals surface area (Å²) < 4.78 is 14.5. The molecule has 0 saturated carbocycles. The molecule has 0 bridgehead atoms. The SMILES string of the molecule is C=CC(=O)O.C=CC(=O)O.C=CC(=O)OCC(CO)(COC(=O)C=C)COC(=O)C=C.CCC(CO)(CO)CO. The summed E-state index contributed by atoms with van der Waals surface area (Å²) in [5.74, 6) is -4.14. The van der Waals surface area contributed by atoms with E-state index in [0.717, 1.165) is 30.4 Å². The van der Waals surface area contributed by atoms with Gasteiger partial charge < -0.3 is 44.8 Å². The van der Waals surface area contributed by atoms with E-state index in [1.807, 2.05) is 6.92 Å². The molecule has 0 fully saturated rings. The number of carboxylic acids is 2. The molecule has 0 aromatic rings. The molecule has 0 radical (unpaired) electrons. The summed E-state index contributed by atoms with van der Waals surface area (Å²) >= 11 is 0. The van der Waals surface area contributed by atoms with Crippen LogP contribution in [0.4, 0.5) is 0 Å². The molecule has 0 spiro atoms. The Morgan fingerprint density at radius 1 is 0.550 bits per heavy atom. The minimum absolute atomic E-state index is 0.156. The zero-order valence-corrected chi connectivity index (χ0v) is 22.5. The van der Waals surface area contributed by atoms with Crippen LogP contribution in [0.5, 0.6) is 0 Å². The number of hydrogen-bond acceptors (Lipinski definition) is 12. The highest BCUT2D eigenvalue weighted by Gasteiger charge is 2.35. The first-order valence-corrected chi connectivity index (χ1v) is 11.2. The quantitative estimate of drug-likeness (QED) is 0.0808. The Morgan fingerprint density at radius 3 is 0.875 bits per heavy atom. The van der Waals surface area contributed by atoms with Crippen LogP contribution in [0.2, 0.25) is 0 Å². The minimum atomic E-state index is -1.28. The molecular formula is C26H40O14. The van der Waals surface area contributed by atoms with E-state index in [0.29, 0.717) is 6.42 Å². The van der Waals surface area contributed by atoms with Crippen molar-refractivity contribution in [2.45, 2.75) is 13.3 Å². The third-order valence-corrected chi connectivity index (χ3v) is 4.50. The third-order valence-electron chi connectivity index (χ3n) is 4.50. The highest BCUT2D eigenvalue weighted by atomic mass is 16.6. The second-order valence-corrected chi connectivity index (χ2v) is 7.51. The molecular weight excluding hydrogens is 536 g/mol. The van der Waals surface area contributed by atoms with Gasteiger partial charge in [0.05, 0.1) is 31.8 Å². The first-order chi connectivity index (χ1) is 18.7. The average Bonchev–Trinajstić information content (AvgIpc) is 2.98. The van der Waals surface area contributed by atoms with Gasteiger partial charge in [0, 0.05) is 35.8 Å². The third kappa shape index (κ3) is 24.2. The lowest BCUT2D eigenvalue weighted by molar-refractivity contribution is -0.159. The van der Waals surface area contributed by atoms with Crippen LogP contribution in [0.15, 0.2) is 63.3 Å². The first kappa shape index (κ1) is 43.0. The number of aliphatic hydroxyl groups excluding tert-OH is 4. The van der Waals surface area contributed by atoms with Crippen molar-refractivity contribution < 1.29 is 68.8 Å². The van der Waals surface area contributed by atoms with Gasteiger partial charge in [-0.05, 0) is 6.42 Å². The lowest BCUT2D eigenvalue weighted by atomic mass is 9.88. The molecule has 0 aromatic heterocycles. The molecule has 14 nitrogen and oxygen atoms in total. The van der Waals surface area contributed by atoms with E-state index in [1.165, 1.54) is 0 Å². The smallest absolute Gasteiger partial charge is 0.330 e. The van der Waals surface area contributed by atoms with Gasteiger partial charge in [-0.25, -0.2) is 24.0 Å². The van der Waals surface area contributed by atoms with Crippen LogP contribution in [-0.2, 0) is 38.2 Å². The van der Waals surface area contributed by atoms with Crippen LogP contribution in [0.25, 0.3) is 0 Å². The Morgan fingerprint density at radius 2 is 0.775 bits per heavy atom. The minimum Gasteiger partial charge on any atom is -0.478 e. The Bertz CT molecular complexity index is 732. The first-order valence-electron chi connectivity index (χ1n) is 11.2. The van der Waals surface area contributed by atoms with Gasteiger partial charge in [0.2, 0.25) is 0 Å². The number of carbonyl (C=O) groups is 5. The summed E-state index contributed by atoms with van der Waals surface area (Å²) in [6, 6.07) is 0. The van der Waals surface area contributed by atoms with Crippen LogP contribution in [-0.4, -0.2) is 107 Å². The summed E-state index contributed by atoms with van der Waals surface area (Å²) in [5, 5.41) is 50.7. The maximum absolute atomic E-state index is 11.1. The van der Waals surface area contributed by atoms with Gasteiger partial charge in [-0.3, -0.25) is 0 Å². The highest BCUT2D eigenvalue weighted by molar-refractivity contribution is 5.82. The van der Waals surface area contributed by atoms with Gasteiger partial charge in [0.15, 0.2) is 0 Å². The summed E-state index contributed by atoms with van der Waals surface area (Å²) in [6.45, 7) is 15.4. The number of hydrogen-bond donors (Lipinski definition) is 6. The van der Waals surface area contributed by atoms with E-state index in [4.69, 9.17) is 39.7 Å². The molecule has 0 rings (SSSR count). The Labute approximate surface area is 232 Å². The molecule has 40 heavy (non-hydrogen) atoms. The van der Waals surface area contributed by atoms with Crippen molar-refractivity contribution in [3.63, 3.8) is 0 Å². The molecule has 0 amide bonds. The molecule has 0 unspecified atom stereocenters. The van der Waals surface area contributed by atoms with E-state index >= 15 is 0 Å². The van der Waals surface area contributed by atoms with E-state index < -0.39 is 47.3 Å². The fraction of sp³-hybridized carbons (Fsp3) is 0.423. The zero-order valence-electron chi connectivity index (χ0n) is 22.5. The van der Waals surface area contributed by atoms with E-state index in [9.17, 15) is 29.1 Å². The Balaban J connectivity index is -0.000000277. The van der Waals surface area contributed by atoms with E-state index in [1.54, 1.807) is 0 Å². The number of aliphatic carboxylic acids is 2. The van der Waals surface area contributed by atoms with Crippen molar-refractivity contribution in [2.24, 2.45) is 10.8 Å². The summed E-state index contributed by atoms with van der Waals surface area (Å²) in [4.78, 5) is 51.8. The molecule has 0 saturated heterocycles. The van der Waals surface area contributed by atoms with Crippen molar-refractivity contribution in [1.82, 2.24) is 0 Å². The van der Waals surface area contributed by atoms with Gasteiger partial charge in [0.25, 0.3) is 0 Å². The number of ether oxygens (including phenoxy) is 3. The zero-order chi connectivity index (χ0) is 32.2. The maximum Gasteiger partial charge on any atom is 0.330 e. The van der Waals surface area contributed by atoms with Gasteiger partial charge in [-0.15, -0.1) is 0 Å². The average molecular weight is 577 g/mol. The van der Waals surface area contributed by atoms with Crippen LogP contribution >= 0.6 is 0 Å². The molecule has 6 N–H and O–H groups in total. The summed E-state index contributed by atoms with van der Waals surface area (Å²) in [6.07, 6.45) is 5.07. The molecule has 14 heteroatoms. The molecule has 0 aromatic carbocycles. The van der Waals surface area contributed by atoms with Crippen molar-refractivity contribution in [1.29, 1.82) is 0 Å². The monoisotopic (exact) mass is 576 g/mol. The topological polar surface area (TPSA) is 234 Å². The second-order valence-electron chi connectivity index (χ2n) is 7.51. The number of esters is 3. The Kier molecular flexibility index (Phi) is 28.5. The second kappa shape index (κ2) is 26.5. The normalized spacial score (nSPS) is 9.62. The van der Waals surface area contributed by atoms with E-state index in [2.05, 4.69) is 32.9 Å². The van der Waals surface area contributed by atoms with Gasteiger partial charge in [-0.1, -0.05) is 39.8 Å². The summed E-state index contributed by atoms with van der Waals surface area (Å²) in [5.41, 5.74) is -1.95. The molecule has 0 heterocycles. The van der Waals surface area contributed by atoms with Gasteiger partial charge in [0.1, 0.15) is 19.8 Å². The molecule has 0 aliphatic carbocycles. The van der Waals surface area contributed by atoms with Crippen LogP contribution in [0.3, 0.4) is 0 Å². The number of carboxylic acid groups (broad SMARTS) is 2. The standard InChI is InChI=1S/C14H18O7.C6H14O3.2C3H4O2/c1-4-11(16)19-8-14(7-15,9-20-12(17)5-2)10-21-13(18)6-3;1-2-6(3-7,4-8)5-9;2*1-2-3(4)5/h4-6,15H,1-3,7-10H2;7-9H,2-5H2,1H3;2*2H,1H2,(H,4,5). The predicted octanol–water partition coefficient (Wildman–Crippen LogP) is 0.0264. The van der Waals surface area contributed by atoms with Gasteiger partial charge >= 0.3 is 29.8 Å². The van der Waals surface area contributed by atoms with Crippen LogP contribution < -0.4 is 0 Å². The molecule has 0 aliphatic heterocycles. The lowest BCUT2D eigenvalue weighted by Gasteiger charge is -2.29. The fourth-order valence-electron chi connectivity index (χ4n) is 1.60. The predicted molar refractivity (Wildman–Crippen MR) is 143 cm³/mol. The van der Waals surface area contributed by atoms with Crippen LogP contribution in [0.1, 0.15) is 13.3 Å². The van der Waals surface area contributed by atoms with Crippen molar-refractivity contribution >= 4 is 29.8 Å². The van der Waals surface area contributed by atoms with Crippen LogP contribution in [0, 0.1) is 10.8 Å². The number of rotatable bonds is 16. The largest absolute Gasteiger partial charge is 0.478 e. The van der Waals surface area contributed by atoms with Crippen molar-refractivity contribution in [3.8, 4) is 0 Å². The van der Waals surface area contributed by atoms with Crippen molar-refractivity contribution in [2.75, 3.05) is 46.2 Å². The number of aliphatic hydroxyl groups is 4. The number of carbonyl (C=O) groups excluding carboxylic acids is 3. The highest BCUT2D eigenvalue weighted by Crippen LogP contribution is 2.20. The van der Waals surface area contributed by atoms with Crippen molar-refractivity contribution in [3.05, 3.63) is 63.3 Å². The van der Waals surface area contributed by atoms with Gasteiger partial charge in [-0.2, -0.15) is 0 Å². The fourth-order valence-corrected chi connectivity index (χ4v) is 1.60. The molecule has 228 valence electrons. The summed E-state index contributed by atoms with van der Waals surface area (Å²) in [7, 11) is 0.